The zero-order valence-electron chi connectivity index (χ0n) is 16.7. The molecule has 31 heavy (non-hydrogen) atoms. The van der Waals surface area contributed by atoms with E-state index in [2.05, 4.69) is 10.3 Å². The van der Waals surface area contributed by atoms with Gasteiger partial charge in [-0.1, -0.05) is 30.3 Å². The van der Waals surface area contributed by atoms with Crippen LogP contribution in [0.3, 0.4) is 0 Å². The van der Waals surface area contributed by atoms with Crippen LogP contribution in [0.25, 0.3) is 0 Å². The first-order chi connectivity index (χ1) is 15.0. The Morgan fingerprint density at radius 3 is 2.74 bits per heavy atom. The highest BCUT2D eigenvalue weighted by Gasteiger charge is 2.25. The number of nitrogens with zero attached hydrogens (tertiary/aromatic N) is 2. The van der Waals surface area contributed by atoms with E-state index in [1.165, 1.54) is 34.6 Å². The summed E-state index contributed by atoms with van der Waals surface area (Å²) in [7, 11) is 0. The molecule has 0 saturated carbocycles. The second-order valence-electron chi connectivity index (χ2n) is 7.32. The SMILES string of the molecule is O=C(NCc1ccccc1)c1c(N=Cc2ccc(O)c([N+](=O)[O-])c2)sc2c1CCCC2. The highest BCUT2D eigenvalue weighted by Crippen LogP contribution is 2.40. The van der Waals surface area contributed by atoms with Crippen LogP contribution in [-0.2, 0) is 19.4 Å². The number of nitrogens with one attached hydrogen (secondary N) is 1. The number of hydrogen-bond acceptors (Lipinski definition) is 6. The highest BCUT2D eigenvalue weighted by molar-refractivity contribution is 7.16. The van der Waals surface area contributed by atoms with Gasteiger partial charge < -0.3 is 10.4 Å². The predicted octanol–water partition coefficient (Wildman–Crippen LogP) is 4.92. The van der Waals surface area contributed by atoms with Crippen LogP contribution in [-0.4, -0.2) is 22.2 Å². The van der Waals surface area contributed by atoms with E-state index in [0.29, 0.717) is 22.7 Å². The van der Waals surface area contributed by atoms with Gasteiger partial charge >= 0.3 is 5.69 Å². The van der Waals surface area contributed by atoms with Crippen molar-refractivity contribution >= 4 is 34.1 Å². The lowest BCUT2D eigenvalue weighted by atomic mass is 9.95. The second kappa shape index (κ2) is 9.09. The fraction of sp³-hybridized carbons (Fsp3) is 0.217. The maximum absolute atomic E-state index is 13.1. The number of carbonyl (C=O) groups is 1. The molecule has 0 unspecified atom stereocenters. The molecule has 1 aromatic heterocycles. The highest BCUT2D eigenvalue weighted by atomic mass is 32.1. The van der Waals surface area contributed by atoms with E-state index in [1.807, 2.05) is 30.3 Å². The normalized spacial score (nSPS) is 13.2. The Morgan fingerprint density at radius 2 is 1.97 bits per heavy atom. The molecule has 1 aliphatic carbocycles. The Kier molecular flexibility index (Phi) is 6.08. The molecule has 1 amide bonds. The molecule has 8 heteroatoms. The molecule has 0 bridgehead atoms. The van der Waals surface area contributed by atoms with Crippen LogP contribution in [0.2, 0.25) is 0 Å². The van der Waals surface area contributed by atoms with Crippen molar-refractivity contribution in [1.29, 1.82) is 0 Å². The van der Waals surface area contributed by atoms with Gasteiger partial charge in [0, 0.05) is 23.7 Å². The summed E-state index contributed by atoms with van der Waals surface area (Å²) in [6.45, 7) is 0.428. The van der Waals surface area contributed by atoms with Crippen LogP contribution in [0.4, 0.5) is 10.7 Å². The summed E-state index contributed by atoms with van der Waals surface area (Å²) >= 11 is 1.50. The third kappa shape index (κ3) is 4.64. The van der Waals surface area contributed by atoms with Gasteiger partial charge in [0.2, 0.25) is 0 Å². The van der Waals surface area contributed by atoms with Crippen LogP contribution in [0.1, 0.15) is 44.8 Å². The number of carbonyl (C=O) groups excluding carboxylic acids is 1. The molecule has 7 nitrogen and oxygen atoms in total. The lowest BCUT2D eigenvalue weighted by Gasteiger charge is -2.12. The quantitative estimate of drug-likeness (QED) is 0.326. The van der Waals surface area contributed by atoms with Gasteiger partial charge in [-0.15, -0.1) is 11.3 Å². The van der Waals surface area contributed by atoms with E-state index in [4.69, 9.17) is 0 Å². The first-order valence-electron chi connectivity index (χ1n) is 10.0. The topological polar surface area (TPSA) is 105 Å². The number of benzene rings is 2. The molecule has 0 fully saturated rings. The number of fused-ring (bicyclic) bond motifs is 1. The summed E-state index contributed by atoms with van der Waals surface area (Å²) < 4.78 is 0. The molecular weight excluding hydrogens is 414 g/mol. The van der Waals surface area contributed by atoms with Crippen LogP contribution < -0.4 is 5.32 Å². The first-order valence-corrected chi connectivity index (χ1v) is 10.8. The van der Waals surface area contributed by atoms with Crippen molar-refractivity contribution in [1.82, 2.24) is 5.32 Å². The predicted molar refractivity (Wildman–Crippen MR) is 121 cm³/mol. The number of aromatic hydroxyl groups is 1. The lowest BCUT2D eigenvalue weighted by Crippen LogP contribution is -2.24. The van der Waals surface area contributed by atoms with E-state index < -0.39 is 10.7 Å². The Balaban J connectivity index is 1.62. The van der Waals surface area contributed by atoms with Gasteiger partial charge in [0.25, 0.3) is 5.91 Å². The first kappa shape index (κ1) is 20.7. The lowest BCUT2D eigenvalue weighted by molar-refractivity contribution is -0.385. The van der Waals surface area contributed by atoms with Crippen molar-refractivity contribution in [3.8, 4) is 5.75 Å². The smallest absolute Gasteiger partial charge is 0.311 e. The molecular formula is C23H21N3O4S. The fourth-order valence-corrected chi connectivity index (χ4v) is 4.87. The van der Waals surface area contributed by atoms with Gasteiger partial charge in [-0.2, -0.15) is 0 Å². The number of phenolic OH excluding ortho intramolecular Hbond substituents is 1. The Bertz CT molecular complexity index is 1160. The largest absolute Gasteiger partial charge is 0.502 e. The van der Waals surface area contributed by atoms with Crippen molar-refractivity contribution in [3.05, 3.63) is 85.8 Å². The number of rotatable bonds is 6. The number of nitro benzene ring substituents is 1. The number of aliphatic imine (C=N–C) groups is 1. The second-order valence-corrected chi connectivity index (χ2v) is 8.41. The zero-order valence-corrected chi connectivity index (χ0v) is 17.5. The molecule has 3 aromatic rings. The van der Waals surface area contributed by atoms with E-state index in [1.54, 1.807) is 6.07 Å². The molecule has 0 aliphatic heterocycles. The van der Waals surface area contributed by atoms with Crippen LogP contribution in [0.5, 0.6) is 5.75 Å². The molecule has 2 N–H and O–H groups in total. The van der Waals surface area contributed by atoms with E-state index in [-0.39, 0.29) is 11.6 Å². The van der Waals surface area contributed by atoms with Crippen molar-refractivity contribution in [2.45, 2.75) is 32.2 Å². The number of aryl methyl sites for hydroxylation is 1. The van der Waals surface area contributed by atoms with E-state index in [9.17, 15) is 20.0 Å². The van der Waals surface area contributed by atoms with Gasteiger partial charge in [0.05, 0.1) is 10.5 Å². The molecule has 2 aromatic carbocycles. The summed E-state index contributed by atoms with van der Waals surface area (Å²) in [5.74, 6) is -0.554. The molecule has 1 aliphatic rings. The molecule has 0 atom stereocenters. The fourth-order valence-electron chi connectivity index (χ4n) is 3.64. The van der Waals surface area contributed by atoms with Gasteiger partial charge in [-0.05, 0) is 54.5 Å². The molecule has 4 rings (SSSR count). The molecule has 0 radical (unpaired) electrons. The van der Waals surface area contributed by atoms with Crippen LogP contribution in [0, 0.1) is 10.1 Å². The van der Waals surface area contributed by atoms with Gasteiger partial charge in [0.1, 0.15) is 5.00 Å². The maximum atomic E-state index is 13.1. The van der Waals surface area contributed by atoms with E-state index >= 15 is 0 Å². The van der Waals surface area contributed by atoms with Gasteiger partial charge in [-0.25, -0.2) is 4.99 Å². The minimum atomic E-state index is -0.640. The van der Waals surface area contributed by atoms with Gasteiger partial charge in [-0.3, -0.25) is 14.9 Å². The summed E-state index contributed by atoms with van der Waals surface area (Å²) in [4.78, 5) is 29.2. The Morgan fingerprint density at radius 1 is 1.19 bits per heavy atom. The maximum Gasteiger partial charge on any atom is 0.311 e. The van der Waals surface area contributed by atoms with Crippen molar-refractivity contribution in [2.24, 2.45) is 4.99 Å². The number of thiophene rings is 1. The summed E-state index contributed by atoms with van der Waals surface area (Å²) in [5.41, 5.74) is 2.77. The zero-order chi connectivity index (χ0) is 21.8. The summed E-state index contributed by atoms with van der Waals surface area (Å²) in [6.07, 6.45) is 5.40. The number of phenols is 1. The number of nitro groups is 1. The van der Waals surface area contributed by atoms with Crippen LogP contribution in [0.15, 0.2) is 53.5 Å². The Hall–Kier alpha value is -3.52. The summed E-state index contributed by atoms with van der Waals surface area (Å²) in [6, 6.07) is 13.8. The average Bonchev–Trinajstić information content (AvgIpc) is 3.16. The number of amides is 1. The van der Waals surface area contributed by atoms with Crippen LogP contribution >= 0.6 is 11.3 Å². The van der Waals surface area contributed by atoms with Crippen molar-refractivity contribution in [2.75, 3.05) is 0 Å². The Labute approximate surface area is 183 Å². The van der Waals surface area contributed by atoms with Crippen molar-refractivity contribution in [3.63, 3.8) is 0 Å². The third-order valence-electron chi connectivity index (χ3n) is 5.20. The molecule has 1 heterocycles. The molecule has 158 valence electrons. The number of hydrogen-bond donors (Lipinski definition) is 2. The molecule has 0 saturated heterocycles. The third-order valence-corrected chi connectivity index (χ3v) is 6.40. The average molecular weight is 436 g/mol. The van der Waals surface area contributed by atoms with Crippen molar-refractivity contribution < 1.29 is 14.8 Å². The minimum Gasteiger partial charge on any atom is -0.502 e. The van der Waals surface area contributed by atoms with Gasteiger partial charge in [0.15, 0.2) is 5.75 Å². The standard InChI is InChI=1S/C23H21N3O4S/c27-19-11-10-16(12-18(19)26(29)30)14-25-23-21(17-8-4-5-9-20(17)31-23)22(28)24-13-15-6-2-1-3-7-15/h1-3,6-7,10-12,14,27H,4-5,8-9,13H2,(H,24,28). The summed E-state index contributed by atoms with van der Waals surface area (Å²) in [5, 5.41) is 24.3. The molecule has 0 spiro atoms. The monoisotopic (exact) mass is 435 g/mol. The minimum absolute atomic E-state index is 0.160. The van der Waals surface area contributed by atoms with E-state index in [0.717, 1.165) is 36.8 Å².